The molecule has 1 amide bonds. The van der Waals surface area contributed by atoms with Crippen molar-refractivity contribution in [3.8, 4) is 11.5 Å². The standard InChI is InChI=1S/C23H23NO4/c1-15(25)6-7-16-4-3-5-18(12-16)20(23(27)24-19-9-10-19)13-17-8-11-21(26)22(14-17)28-2/h3-8,11-14,19,26H,9-10H2,1-2H3,(H,24,27)/b7-6+,20-13+. The Morgan fingerprint density at radius 1 is 1.14 bits per heavy atom. The van der Waals surface area contributed by atoms with Crippen molar-refractivity contribution in [2.24, 2.45) is 0 Å². The molecule has 0 spiro atoms. The number of ether oxygens (including phenoxy) is 1. The Labute approximate surface area is 164 Å². The molecule has 1 fully saturated rings. The van der Waals surface area contributed by atoms with Gasteiger partial charge in [0, 0.05) is 11.6 Å². The van der Waals surface area contributed by atoms with Gasteiger partial charge in [0.15, 0.2) is 17.3 Å². The molecule has 2 N–H and O–H groups in total. The van der Waals surface area contributed by atoms with Crippen LogP contribution in [0.25, 0.3) is 17.7 Å². The third-order valence-electron chi connectivity index (χ3n) is 4.38. The summed E-state index contributed by atoms with van der Waals surface area (Å²) in [5, 5.41) is 12.8. The molecule has 0 bridgehead atoms. The molecule has 28 heavy (non-hydrogen) atoms. The highest BCUT2D eigenvalue weighted by atomic mass is 16.5. The van der Waals surface area contributed by atoms with Crippen LogP contribution in [0.1, 0.15) is 36.5 Å². The highest BCUT2D eigenvalue weighted by Gasteiger charge is 2.25. The molecule has 1 aliphatic rings. The van der Waals surface area contributed by atoms with E-state index >= 15 is 0 Å². The minimum atomic E-state index is -0.151. The third-order valence-corrected chi connectivity index (χ3v) is 4.38. The maximum absolute atomic E-state index is 12.9. The zero-order valence-corrected chi connectivity index (χ0v) is 15.9. The van der Waals surface area contributed by atoms with Crippen molar-refractivity contribution in [1.82, 2.24) is 5.32 Å². The number of allylic oxidation sites excluding steroid dienone is 1. The Bertz CT molecular complexity index is 955. The molecule has 0 aromatic heterocycles. The smallest absolute Gasteiger partial charge is 0.252 e. The molecular weight excluding hydrogens is 354 g/mol. The van der Waals surface area contributed by atoms with E-state index in [1.54, 1.807) is 24.3 Å². The number of ketones is 1. The Hall–Kier alpha value is -3.34. The van der Waals surface area contributed by atoms with Crippen molar-refractivity contribution in [1.29, 1.82) is 0 Å². The van der Waals surface area contributed by atoms with E-state index in [1.807, 2.05) is 24.3 Å². The lowest BCUT2D eigenvalue weighted by atomic mass is 9.99. The first-order valence-corrected chi connectivity index (χ1v) is 9.15. The van der Waals surface area contributed by atoms with Gasteiger partial charge in [-0.3, -0.25) is 9.59 Å². The number of benzene rings is 2. The summed E-state index contributed by atoms with van der Waals surface area (Å²) < 4.78 is 5.16. The fourth-order valence-electron chi connectivity index (χ4n) is 2.74. The first-order chi connectivity index (χ1) is 13.5. The van der Waals surface area contributed by atoms with Crippen LogP contribution in [0.2, 0.25) is 0 Å². The predicted octanol–water partition coefficient (Wildman–Crippen LogP) is 3.82. The number of amides is 1. The van der Waals surface area contributed by atoms with Gasteiger partial charge in [0.1, 0.15) is 0 Å². The summed E-state index contributed by atoms with van der Waals surface area (Å²) in [6, 6.07) is 12.6. The van der Waals surface area contributed by atoms with Crippen molar-refractivity contribution >= 4 is 29.4 Å². The summed E-state index contributed by atoms with van der Waals surface area (Å²) in [6.45, 7) is 1.49. The van der Waals surface area contributed by atoms with Gasteiger partial charge in [0.05, 0.1) is 7.11 Å². The molecule has 5 heteroatoms. The van der Waals surface area contributed by atoms with Crippen molar-refractivity contribution in [2.75, 3.05) is 7.11 Å². The summed E-state index contributed by atoms with van der Waals surface area (Å²) >= 11 is 0. The summed E-state index contributed by atoms with van der Waals surface area (Å²) in [5.41, 5.74) is 2.83. The molecule has 2 aromatic rings. The van der Waals surface area contributed by atoms with Crippen LogP contribution < -0.4 is 10.1 Å². The van der Waals surface area contributed by atoms with Gasteiger partial charge in [-0.1, -0.05) is 30.3 Å². The topological polar surface area (TPSA) is 75.6 Å². The van der Waals surface area contributed by atoms with Gasteiger partial charge in [-0.15, -0.1) is 0 Å². The molecule has 1 saturated carbocycles. The summed E-state index contributed by atoms with van der Waals surface area (Å²) in [6.07, 6.45) is 6.98. The number of carbonyl (C=O) groups excluding carboxylic acids is 2. The number of hydrogen-bond acceptors (Lipinski definition) is 4. The lowest BCUT2D eigenvalue weighted by molar-refractivity contribution is -0.115. The van der Waals surface area contributed by atoms with Gasteiger partial charge in [0.25, 0.3) is 5.91 Å². The van der Waals surface area contributed by atoms with E-state index in [4.69, 9.17) is 4.74 Å². The zero-order chi connectivity index (χ0) is 20.1. The Morgan fingerprint density at radius 3 is 2.61 bits per heavy atom. The number of hydrogen-bond donors (Lipinski definition) is 2. The quantitative estimate of drug-likeness (QED) is 0.568. The molecule has 0 atom stereocenters. The van der Waals surface area contributed by atoms with E-state index in [0.29, 0.717) is 11.3 Å². The van der Waals surface area contributed by atoms with E-state index in [1.165, 1.54) is 26.2 Å². The van der Waals surface area contributed by atoms with E-state index in [-0.39, 0.29) is 23.5 Å². The largest absolute Gasteiger partial charge is 0.504 e. The lowest BCUT2D eigenvalue weighted by Crippen LogP contribution is -2.26. The van der Waals surface area contributed by atoms with Crippen molar-refractivity contribution < 1.29 is 19.4 Å². The first kappa shape index (κ1) is 19.4. The normalized spacial score (nSPS) is 14.1. The number of phenolic OH excluding ortho intramolecular Hbond substituents is 1. The van der Waals surface area contributed by atoms with Crippen LogP contribution in [0.3, 0.4) is 0 Å². The SMILES string of the molecule is COc1cc(/C=C(/C(=O)NC2CC2)c2cccc(/C=C/C(C)=O)c2)ccc1O. The fraction of sp³-hybridized carbons (Fsp3) is 0.217. The molecule has 0 heterocycles. The second kappa shape index (κ2) is 8.57. The minimum Gasteiger partial charge on any atom is -0.504 e. The molecule has 0 radical (unpaired) electrons. The molecular formula is C23H23NO4. The van der Waals surface area contributed by atoms with Crippen molar-refractivity contribution in [3.05, 3.63) is 65.2 Å². The second-order valence-corrected chi connectivity index (χ2v) is 6.81. The predicted molar refractivity (Wildman–Crippen MR) is 110 cm³/mol. The number of aromatic hydroxyl groups is 1. The monoisotopic (exact) mass is 377 g/mol. The maximum Gasteiger partial charge on any atom is 0.252 e. The van der Waals surface area contributed by atoms with E-state index < -0.39 is 0 Å². The van der Waals surface area contributed by atoms with Gasteiger partial charge >= 0.3 is 0 Å². The van der Waals surface area contributed by atoms with Crippen LogP contribution in [0.5, 0.6) is 11.5 Å². The van der Waals surface area contributed by atoms with Crippen molar-refractivity contribution in [3.63, 3.8) is 0 Å². The minimum absolute atomic E-state index is 0.0381. The Kier molecular flexibility index (Phi) is 5.94. The zero-order valence-electron chi connectivity index (χ0n) is 15.9. The van der Waals surface area contributed by atoms with Gasteiger partial charge < -0.3 is 15.2 Å². The fourth-order valence-corrected chi connectivity index (χ4v) is 2.74. The molecule has 0 aliphatic heterocycles. The average Bonchev–Trinajstić information content (AvgIpc) is 3.49. The number of phenols is 1. The Balaban J connectivity index is 2.01. The molecule has 144 valence electrons. The maximum atomic E-state index is 12.9. The van der Waals surface area contributed by atoms with E-state index in [0.717, 1.165) is 29.5 Å². The van der Waals surface area contributed by atoms with E-state index in [2.05, 4.69) is 5.32 Å². The van der Waals surface area contributed by atoms with Gasteiger partial charge in [0.2, 0.25) is 0 Å². The highest BCUT2D eigenvalue weighted by molar-refractivity contribution is 6.24. The van der Waals surface area contributed by atoms with Gasteiger partial charge in [-0.05, 0) is 66.8 Å². The second-order valence-electron chi connectivity index (χ2n) is 6.81. The molecule has 0 unspecified atom stereocenters. The highest BCUT2D eigenvalue weighted by Crippen LogP contribution is 2.29. The molecule has 3 rings (SSSR count). The number of rotatable bonds is 7. The molecule has 2 aromatic carbocycles. The van der Waals surface area contributed by atoms with Crippen LogP contribution in [0.4, 0.5) is 0 Å². The van der Waals surface area contributed by atoms with Gasteiger partial charge in [-0.25, -0.2) is 0 Å². The molecule has 0 saturated heterocycles. The van der Waals surface area contributed by atoms with Crippen LogP contribution in [-0.2, 0) is 9.59 Å². The van der Waals surface area contributed by atoms with Gasteiger partial charge in [-0.2, -0.15) is 0 Å². The van der Waals surface area contributed by atoms with Crippen LogP contribution in [0.15, 0.2) is 48.5 Å². The third kappa shape index (κ3) is 5.10. The number of nitrogens with one attached hydrogen (secondary N) is 1. The number of methoxy groups -OCH3 is 1. The first-order valence-electron chi connectivity index (χ1n) is 9.15. The van der Waals surface area contributed by atoms with Crippen LogP contribution >= 0.6 is 0 Å². The van der Waals surface area contributed by atoms with Crippen LogP contribution in [0, 0.1) is 0 Å². The Morgan fingerprint density at radius 2 is 1.93 bits per heavy atom. The van der Waals surface area contributed by atoms with E-state index in [9.17, 15) is 14.7 Å². The molecule has 5 nitrogen and oxygen atoms in total. The average molecular weight is 377 g/mol. The lowest BCUT2D eigenvalue weighted by Gasteiger charge is -2.11. The summed E-state index contributed by atoms with van der Waals surface area (Å²) in [5.74, 6) is 0.194. The van der Waals surface area contributed by atoms with Crippen LogP contribution in [-0.4, -0.2) is 29.9 Å². The molecule has 1 aliphatic carbocycles. The van der Waals surface area contributed by atoms with Crippen molar-refractivity contribution in [2.45, 2.75) is 25.8 Å². The summed E-state index contributed by atoms with van der Waals surface area (Å²) in [4.78, 5) is 24.1. The number of carbonyl (C=O) groups is 2. The summed E-state index contributed by atoms with van der Waals surface area (Å²) in [7, 11) is 1.48.